The topological polar surface area (TPSA) is 140 Å². The molecule has 1 atom stereocenters. The number of aliphatic hydroxyl groups is 1. The van der Waals surface area contributed by atoms with Gasteiger partial charge in [0.05, 0.1) is 6.61 Å². The number of amides is 2. The summed E-state index contributed by atoms with van der Waals surface area (Å²) in [7, 11) is 0. The van der Waals surface area contributed by atoms with Crippen molar-refractivity contribution in [2.45, 2.75) is 71.6 Å². The minimum Gasteiger partial charge on any atom is -0.443 e. The van der Waals surface area contributed by atoms with Gasteiger partial charge in [-0.1, -0.05) is 0 Å². The molecule has 25 heavy (non-hydrogen) atoms. The zero-order valence-corrected chi connectivity index (χ0v) is 16.0. The molecule has 0 aliphatic rings. The van der Waals surface area contributed by atoms with Crippen LogP contribution < -0.4 is 11.5 Å². The predicted molar refractivity (Wildman–Crippen MR) is 95.1 cm³/mol. The average molecular weight is 360 g/mol. The molecular weight excluding hydrogens is 328 g/mol. The van der Waals surface area contributed by atoms with E-state index in [9.17, 15) is 9.59 Å². The molecule has 5 N–H and O–H groups in total. The second-order valence-corrected chi connectivity index (χ2v) is 7.67. The highest BCUT2D eigenvalue weighted by Crippen LogP contribution is 2.12. The van der Waals surface area contributed by atoms with E-state index in [0.717, 1.165) is 4.90 Å². The maximum Gasteiger partial charge on any atom is 0.437 e. The first-order chi connectivity index (χ1) is 11.2. The number of hydrogen-bond donors (Lipinski definition) is 3. The fourth-order valence-electron chi connectivity index (χ4n) is 1.66. The van der Waals surface area contributed by atoms with Crippen LogP contribution in [-0.2, 0) is 9.47 Å². The van der Waals surface area contributed by atoms with Crippen molar-refractivity contribution < 1.29 is 24.2 Å². The van der Waals surface area contributed by atoms with Gasteiger partial charge >= 0.3 is 12.2 Å². The lowest BCUT2D eigenvalue weighted by molar-refractivity contribution is 0.0363. The molecule has 0 aliphatic heterocycles. The van der Waals surface area contributed by atoms with Crippen LogP contribution in [0.4, 0.5) is 9.59 Å². The Morgan fingerprint density at radius 1 is 1.12 bits per heavy atom. The van der Waals surface area contributed by atoms with Gasteiger partial charge in [-0.2, -0.15) is 0 Å². The standard InChI is InChI=1S/C16H32N4O5/c1-15(2,3)24-13(22)19-12(18)20(9-7-8-11(17)10-21)14(23)25-16(4,5)6/h11,21H,7-10,17H2,1-6H3,(H2,18,19,22)/t11-/m0/s1. The first-order valence-electron chi connectivity index (χ1n) is 8.19. The number of rotatable bonds is 5. The van der Waals surface area contributed by atoms with Gasteiger partial charge in [-0.05, 0) is 54.4 Å². The largest absolute Gasteiger partial charge is 0.443 e. The van der Waals surface area contributed by atoms with E-state index in [1.165, 1.54) is 0 Å². The van der Waals surface area contributed by atoms with Crippen molar-refractivity contribution >= 4 is 18.1 Å². The highest BCUT2D eigenvalue weighted by Gasteiger charge is 2.26. The summed E-state index contributed by atoms with van der Waals surface area (Å²) >= 11 is 0. The summed E-state index contributed by atoms with van der Waals surface area (Å²) in [5.74, 6) is -0.318. The molecule has 2 amide bonds. The molecule has 0 unspecified atom stereocenters. The molecular formula is C16H32N4O5. The zero-order chi connectivity index (χ0) is 19.8. The second-order valence-electron chi connectivity index (χ2n) is 7.67. The Balaban J connectivity index is 5.14. The summed E-state index contributed by atoms with van der Waals surface area (Å²) in [4.78, 5) is 28.8. The minimum absolute atomic E-state index is 0.140. The first-order valence-corrected chi connectivity index (χ1v) is 8.19. The Morgan fingerprint density at radius 2 is 1.64 bits per heavy atom. The molecule has 146 valence electrons. The molecule has 0 radical (unpaired) electrons. The second kappa shape index (κ2) is 9.57. The maximum atomic E-state index is 12.3. The number of aliphatic hydroxyl groups excluding tert-OH is 1. The molecule has 0 bridgehead atoms. The van der Waals surface area contributed by atoms with Crippen LogP contribution in [-0.4, -0.2) is 58.5 Å². The van der Waals surface area contributed by atoms with E-state index in [1.54, 1.807) is 41.5 Å². The molecule has 0 fully saturated rings. The number of nitrogens with two attached hydrogens (primary N) is 2. The van der Waals surface area contributed by atoms with Crippen molar-refractivity contribution in [2.24, 2.45) is 16.5 Å². The lowest BCUT2D eigenvalue weighted by Crippen LogP contribution is -2.46. The number of guanidine groups is 1. The third-order valence-corrected chi connectivity index (χ3v) is 2.68. The summed E-state index contributed by atoms with van der Waals surface area (Å²) in [5, 5.41) is 8.96. The number of carbonyl (C=O) groups excluding carboxylic acids is 2. The van der Waals surface area contributed by atoms with Crippen molar-refractivity contribution in [1.82, 2.24) is 4.90 Å². The van der Waals surface area contributed by atoms with Crippen LogP contribution in [0.1, 0.15) is 54.4 Å². The summed E-state index contributed by atoms with van der Waals surface area (Å²) < 4.78 is 10.3. The van der Waals surface area contributed by atoms with Gasteiger partial charge in [0, 0.05) is 12.6 Å². The van der Waals surface area contributed by atoms with Gasteiger partial charge in [-0.3, -0.25) is 0 Å². The quantitative estimate of drug-likeness (QED) is 0.499. The van der Waals surface area contributed by atoms with Crippen LogP contribution >= 0.6 is 0 Å². The summed E-state index contributed by atoms with van der Waals surface area (Å²) in [6.07, 6.45) is -0.707. The predicted octanol–water partition coefficient (Wildman–Crippen LogP) is 1.57. The highest BCUT2D eigenvalue weighted by molar-refractivity contribution is 5.98. The summed E-state index contributed by atoms with van der Waals surface area (Å²) in [6.45, 7) is 10.2. The molecule has 0 aromatic carbocycles. The highest BCUT2D eigenvalue weighted by atomic mass is 16.6. The molecule has 0 aliphatic carbocycles. The van der Waals surface area contributed by atoms with Gasteiger partial charge in [-0.25, -0.2) is 14.5 Å². The van der Waals surface area contributed by atoms with Crippen molar-refractivity contribution in [3.63, 3.8) is 0 Å². The van der Waals surface area contributed by atoms with Gasteiger partial charge in [0.2, 0.25) is 5.96 Å². The van der Waals surface area contributed by atoms with Crippen LogP contribution in [0.3, 0.4) is 0 Å². The fourth-order valence-corrected chi connectivity index (χ4v) is 1.66. The molecule has 0 aromatic rings. The molecule has 0 saturated heterocycles. The maximum absolute atomic E-state index is 12.3. The van der Waals surface area contributed by atoms with Crippen molar-refractivity contribution in [3.05, 3.63) is 0 Å². The Kier molecular flexibility index (Phi) is 8.86. The van der Waals surface area contributed by atoms with Gasteiger partial charge in [0.1, 0.15) is 11.2 Å². The van der Waals surface area contributed by atoms with Gasteiger partial charge < -0.3 is 26.0 Å². The lowest BCUT2D eigenvalue weighted by atomic mass is 10.2. The fraction of sp³-hybridized carbons (Fsp3) is 0.812. The van der Waals surface area contributed by atoms with E-state index in [-0.39, 0.29) is 19.1 Å². The average Bonchev–Trinajstić information content (AvgIpc) is 2.38. The van der Waals surface area contributed by atoms with Crippen LogP contribution in [0, 0.1) is 0 Å². The Hall–Kier alpha value is -1.87. The van der Waals surface area contributed by atoms with Gasteiger partial charge in [-0.15, -0.1) is 4.99 Å². The minimum atomic E-state index is -0.898. The number of nitrogens with zero attached hydrogens (tertiary/aromatic N) is 2. The zero-order valence-electron chi connectivity index (χ0n) is 16.0. The molecule has 0 saturated carbocycles. The molecule has 0 spiro atoms. The SMILES string of the molecule is CC(C)(C)OC(=O)N=C(N)N(CCC[C@H](N)CO)C(=O)OC(C)(C)C. The van der Waals surface area contributed by atoms with Crippen molar-refractivity contribution in [3.8, 4) is 0 Å². The lowest BCUT2D eigenvalue weighted by Gasteiger charge is -2.27. The van der Waals surface area contributed by atoms with Crippen molar-refractivity contribution in [2.75, 3.05) is 13.2 Å². The molecule has 0 rings (SSSR count). The number of hydrogen-bond acceptors (Lipinski definition) is 6. The number of aliphatic imine (C=N–C) groups is 1. The molecule has 0 heterocycles. The normalized spacial score (nSPS) is 14.0. The van der Waals surface area contributed by atoms with E-state index in [4.69, 9.17) is 26.0 Å². The van der Waals surface area contributed by atoms with E-state index in [0.29, 0.717) is 12.8 Å². The first kappa shape index (κ1) is 23.1. The number of ether oxygens (including phenoxy) is 2. The Labute approximate surface area is 149 Å². The van der Waals surface area contributed by atoms with Gasteiger partial charge in [0.15, 0.2) is 0 Å². The molecule has 9 nitrogen and oxygen atoms in total. The monoisotopic (exact) mass is 360 g/mol. The number of carbonyl (C=O) groups is 2. The van der Waals surface area contributed by atoms with Crippen LogP contribution in [0.15, 0.2) is 4.99 Å². The third-order valence-electron chi connectivity index (χ3n) is 2.68. The van der Waals surface area contributed by atoms with E-state index in [1.807, 2.05) is 0 Å². The van der Waals surface area contributed by atoms with Gasteiger partial charge in [0.25, 0.3) is 0 Å². The Bertz CT molecular complexity index is 480. The van der Waals surface area contributed by atoms with Crippen molar-refractivity contribution in [1.29, 1.82) is 0 Å². The smallest absolute Gasteiger partial charge is 0.437 e. The van der Waals surface area contributed by atoms with E-state index in [2.05, 4.69) is 4.99 Å². The van der Waals surface area contributed by atoms with Crippen LogP contribution in [0.25, 0.3) is 0 Å². The van der Waals surface area contributed by atoms with E-state index < -0.39 is 29.4 Å². The van der Waals surface area contributed by atoms with Crippen LogP contribution in [0.2, 0.25) is 0 Å². The Morgan fingerprint density at radius 3 is 2.08 bits per heavy atom. The summed E-state index contributed by atoms with van der Waals surface area (Å²) in [6, 6.07) is -0.399. The molecule has 9 heteroatoms. The third kappa shape index (κ3) is 11.3. The van der Waals surface area contributed by atoms with Crippen LogP contribution in [0.5, 0.6) is 0 Å². The van der Waals surface area contributed by atoms with E-state index >= 15 is 0 Å². The summed E-state index contributed by atoms with van der Waals surface area (Å²) in [5.41, 5.74) is 9.98. The molecule has 0 aromatic heterocycles.